The van der Waals surface area contributed by atoms with Crippen LogP contribution in [0.3, 0.4) is 0 Å². The van der Waals surface area contributed by atoms with E-state index in [0.717, 1.165) is 11.3 Å². The summed E-state index contributed by atoms with van der Waals surface area (Å²) in [6.07, 6.45) is 0.250. The first kappa shape index (κ1) is 9.24. The molecule has 1 amide bonds. The SMILES string of the molecule is CN1C(=O)Cc2c(B(O)O)cccc21. The predicted molar refractivity (Wildman–Crippen MR) is 53.4 cm³/mol. The van der Waals surface area contributed by atoms with Gasteiger partial charge in [-0.2, -0.15) is 0 Å². The second-order valence-electron chi connectivity index (χ2n) is 3.35. The fourth-order valence-electron chi connectivity index (χ4n) is 1.74. The molecule has 2 rings (SSSR count). The van der Waals surface area contributed by atoms with E-state index in [9.17, 15) is 4.79 Å². The van der Waals surface area contributed by atoms with E-state index in [1.807, 2.05) is 0 Å². The van der Waals surface area contributed by atoms with Crippen molar-refractivity contribution in [3.63, 3.8) is 0 Å². The van der Waals surface area contributed by atoms with Gasteiger partial charge in [-0.25, -0.2) is 0 Å². The topological polar surface area (TPSA) is 60.8 Å². The van der Waals surface area contributed by atoms with Gasteiger partial charge in [-0.1, -0.05) is 12.1 Å². The molecule has 0 spiro atoms. The molecule has 0 saturated heterocycles. The van der Waals surface area contributed by atoms with Crippen LogP contribution in [0.1, 0.15) is 5.56 Å². The van der Waals surface area contributed by atoms with Gasteiger partial charge in [0.05, 0.1) is 6.42 Å². The average Bonchev–Trinajstić information content (AvgIpc) is 2.43. The van der Waals surface area contributed by atoms with Crippen molar-refractivity contribution in [2.45, 2.75) is 6.42 Å². The molecule has 0 saturated carbocycles. The van der Waals surface area contributed by atoms with Gasteiger partial charge in [-0.3, -0.25) is 4.79 Å². The van der Waals surface area contributed by atoms with Gasteiger partial charge in [0.2, 0.25) is 5.91 Å². The number of amides is 1. The van der Waals surface area contributed by atoms with Crippen molar-refractivity contribution in [3.05, 3.63) is 23.8 Å². The number of hydrogen-bond acceptors (Lipinski definition) is 3. The molecule has 1 aliphatic rings. The van der Waals surface area contributed by atoms with Crippen LogP contribution in [0.5, 0.6) is 0 Å². The molecule has 1 aromatic rings. The van der Waals surface area contributed by atoms with Crippen LogP contribution in [0.15, 0.2) is 18.2 Å². The Morgan fingerprint density at radius 1 is 1.43 bits per heavy atom. The van der Waals surface area contributed by atoms with E-state index in [4.69, 9.17) is 10.0 Å². The molecule has 14 heavy (non-hydrogen) atoms. The third kappa shape index (κ3) is 1.22. The van der Waals surface area contributed by atoms with Gasteiger partial charge in [-0.05, 0) is 17.1 Å². The molecular formula is C9H10BNO3. The molecule has 0 atom stereocenters. The van der Waals surface area contributed by atoms with E-state index in [1.165, 1.54) is 4.90 Å². The Hall–Kier alpha value is -1.33. The summed E-state index contributed by atoms with van der Waals surface area (Å²) >= 11 is 0. The average molecular weight is 191 g/mol. The van der Waals surface area contributed by atoms with Crippen molar-refractivity contribution in [1.82, 2.24) is 0 Å². The monoisotopic (exact) mass is 191 g/mol. The van der Waals surface area contributed by atoms with Gasteiger partial charge in [-0.15, -0.1) is 0 Å². The van der Waals surface area contributed by atoms with E-state index in [2.05, 4.69) is 0 Å². The number of carbonyl (C=O) groups is 1. The van der Waals surface area contributed by atoms with Crippen LogP contribution in [0.25, 0.3) is 0 Å². The molecular weight excluding hydrogens is 181 g/mol. The van der Waals surface area contributed by atoms with Crippen LogP contribution in [-0.2, 0) is 11.2 Å². The highest BCUT2D eigenvalue weighted by Gasteiger charge is 2.29. The summed E-state index contributed by atoms with van der Waals surface area (Å²) in [7, 11) is 0.172. The zero-order chi connectivity index (χ0) is 10.3. The molecule has 5 heteroatoms. The molecule has 0 unspecified atom stereocenters. The van der Waals surface area contributed by atoms with Crippen molar-refractivity contribution in [3.8, 4) is 0 Å². The highest BCUT2D eigenvalue weighted by atomic mass is 16.4. The lowest BCUT2D eigenvalue weighted by Gasteiger charge is -2.10. The van der Waals surface area contributed by atoms with Gasteiger partial charge >= 0.3 is 7.12 Å². The highest BCUT2D eigenvalue weighted by molar-refractivity contribution is 6.59. The molecule has 0 aliphatic carbocycles. The van der Waals surface area contributed by atoms with Gasteiger partial charge in [0.1, 0.15) is 0 Å². The quantitative estimate of drug-likeness (QED) is 0.553. The third-order valence-electron chi connectivity index (χ3n) is 2.53. The summed E-state index contributed by atoms with van der Waals surface area (Å²) < 4.78 is 0. The van der Waals surface area contributed by atoms with Crippen LogP contribution in [0.2, 0.25) is 0 Å². The number of rotatable bonds is 1. The van der Waals surface area contributed by atoms with Crippen LogP contribution in [0, 0.1) is 0 Å². The Morgan fingerprint density at radius 2 is 2.14 bits per heavy atom. The largest absolute Gasteiger partial charge is 0.488 e. The summed E-state index contributed by atoms with van der Waals surface area (Å²) in [6, 6.07) is 5.13. The zero-order valence-electron chi connectivity index (χ0n) is 7.77. The molecule has 2 N–H and O–H groups in total. The summed E-state index contributed by atoms with van der Waals surface area (Å²) in [5.41, 5.74) is 1.90. The van der Waals surface area contributed by atoms with E-state index in [1.54, 1.807) is 25.2 Å². The Morgan fingerprint density at radius 3 is 2.79 bits per heavy atom. The summed E-state index contributed by atoms with van der Waals surface area (Å²) in [4.78, 5) is 12.9. The summed E-state index contributed by atoms with van der Waals surface area (Å²) in [6.45, 7) is 0. The molecule has 0 radical (unpaired) electrons. The fraction of sp³-hybridized carbons (Fsp3) is 0.222. The molecule has 1 aliphatic heterocycles. The Bertz CT molecular complexity index is 392. The maximum Gasteiger partial charge on any atom is 0.488 e. The molecule has 72 valence electrons. The second kappa shape index (κ2) is 3.11. The zero-order valence-corrected chi connectivity index (χ0v) is 7.77. The van der Waals surface area contributed by atoms with Crippen LogP contribution >= 0.6 is 0 Å². The highest BCUT2D eigenvalue weighted by Crippen LogP contribution is 2.25. The third-order valence-corrected chi connectivity index (χ3v) is 2.53. The molecule has 0 fully saturated rings. The normalized spacial score (nSPS) is 14.5. The molecule has 1 aromatic carbocycles. The number of nitrogens with zero attached hydrogens (tertiary/aromatic N) is 1. The standard InChI is InChI=1S/C9H10BNO3/c1-11-8-4-2-3-7(10(13)14)6(8)5-9(11)12/h2-4,13-14H,5H2,1H3. The summed E-state index contributed by atoms with van der Waals surface area (Å²) in [5, 5.41) is 18.2. The van der Waals surface area contributed by atoms with Gasteiger partial charge in [0.15, 0.2) is 0 Å². The molecule has 1 heterocycles. The number of benzene rings is 1. The number of carbonyl (C=O) groups excluding carboxylic acids is 1. The van der Waals surface area contributed by atoms with E-state index in [0.29, 0.717) is 5.46 Å². The van der Waals surface area contributed by atoms with Crippen LogP contribution in [0.4, 0.5) is 5.69 Å². The smallest absolute Gasteiger partial charge is 0.423 e. The lowest BCUT2D eigenvalue weighted by atomic mass is 9.76. The van der Waals surface area contributed by atoms with Crippen LogP contribution < -0.4 is 10.4 Å². The van der Waals surface area contributed by atoms with E-state index in [-0.39, 0.29) is 12.3 Å². The maximum absolute atomic E-state index is 11.4. The molecule has 0 bridgehead atoms. The fourth-order valence-corrected chi connectivity index (χ4v) is 1.74. The van der Waals surface area contributed by atoms with Gasteiger partial charge in [0, 0.05) is 12.7 Å². The maximum atomic E-state index is 11.4. The minimum atomic E-state index is -1.51. The number of anilines is 1. The first-order valence-corrected chi connectivity index (χ1v) is 4.35. The number of likely N-dealkylation sites (N-methyl/N-ethyl adjacent to an activating group) is 1. The predicted octanol–water partition coefficient (Wildman–Crippen LogP) is -1.11. The molecule has 0 aromatic heterocycles. The number of fused-ring (bicyclic) bond motifs is 1. The minimum absolute atomic E-state index is 0.0203. The van der Waals surface area contributed by atoms with Crippen LogP contribution in [-0.4, -0.2) is 30.1 Å². The Balaban J connectivity index is 2.55. The van der Waals surface area contributed by atoms with Gasteiger partial charge < -0.3 is 14.9 Å². The number of hydrogen-bond donors (Lipinski definition) is 2. The first-order valence-electron chi connectivity index (χ1n) is 4.35. The molecule has 4 nitrogen and oxygen atoms in total. The van der Waals surface area contributed by atoms with Crippen molar-refractivity contribution in [2.24, 2.45) is 0 Å². The minimum Gasteiger partial charge on any atom is -0.423 e. The lowest BCUT2D eigenvalue weighted by Crippen LogP contribution is -2.32. The Labute approximate surface area is 81.9 Å². The second-order valence-corrected chi connectivity index (χ2v) is 3.35. The van der Waals surface area contributed by atoms with Crippen molar-refractivity contribution in [2.75, 3.05) is 11.9 Å². The van der Waals surface area contributed by atoms with Crippen molar-refractivity contribution in [1.29, 1.82) is 0 Å². The van der Waals surface area contributed by atoms with Crippen molar-refractivity contribution >= 4 is 24.2 Å². The first-order chi connectivity index (χ1) is 6.61. The van der Waals surface area contributed by atoms with E-state index < -0.39 is 7.12 Å². The lowest BCUT2D eigenvalue weighted by molar-refractivity contribution is -0.117. The Kier molecular flexibility index (Phi) is 2.05. The van der Waals surface area contributed by atoms with Crippen molar-refractivity contribution < 1.29 is 14.8 Å². The summed E-state index contributed by atoms with van der Waals surface area (Å²) in [5.74, 6) is -0.0203. The van der Waals surface area contributed by atoms with E-state index >= 15 is 0 Å². The van der Waals surface area contributed by atoms with Gasteiger partial charge in [0.25, 0.3) is 0 Å².